The van der Waals surface area contributed by atoms with Crippen molar-refractivity contribution in [1.29, 1.82) is 0 Å². The van der Waals surface area contributed by atoms with Crippen LogP contribution in [-0.4, -0.2) is 24.5 Å². The molecule has 4 rings (SSSR count). The molecule has 0 aromatic heterocycles. The Morgan fingerprint density at radius 2 is 1.76 bits per heavy atom. The summed E-state index contributed by atoms with van der Waals surface area (Å²) in [7, 11) is 0. The molecule has 2 aliphatic rings. The molecule has 2 aliphatic heterocycles. The lowest BCUT2D eigenvalue weighted by atomic mass is 10.1. The monoisotopic (exact) mass is 694 g/mol. The van der Waals surface area contributed by atoms with Gasteiger partial charge in [-0.1, -0.05) is 30.0 Å². The molecule has 2 nitrogen and oxygen atoms in total. The highest BCUT2D eigenvalue weighted by molar-refractivity contribution is 14.0. The average molecular weight is 694 g/mol. The first kappa shape index (κ1) is 23.8. The number of fused-ring (bicyclic) bond motifs is 2. The van der Waals surface area contributed by atoms with Gasteiger partial charge in [0.1, 0.15) is 0 Å². The summed E-state index contributed by atoms with van der Waals surface area (Å²) in [4.78, 5) is 5.28. The predicted octanol–water partition coefficient (Wildman–Crippen LogP) is 6.70. The molecule has 0 spiro atoms. The van der Waals surface area contributed by atoms with Crippen molar-refractivity contribution in [2.75, 3.05) is 25.0 Å². The summed E-state index contributed by atoms with van der Waals surface area (Å²) >= 11 is 1.89. The summed E-state index contributed by atoms with van der Waals surface area (Å²) in [6.45, 7) is 5.94. The van der Waals surface area contributed by atoms with Crippen LogP contribution in [0.4, 0.5) is 11.4 Å². The van der Waals surface area contributed by atoms with Crippen molar-refractivity contribution >= 4 is 95.1 Å². The lowest BCUT2D eigenvalue weighted by Gasteiger charge is -2.23. The van der Waals surface area contributed by atoms with Gasteiger partial charge in [0.25, 0.3) is 0 Å². The SMILES string of the molecule is Cc1cccc2c1Nc1ccc(CCN3CCCC3)cc1S2.I.I.I. The Bertz CT molecular complexity index is 703. The first-order valence-electron chi connectivity index (χ1n) is 8.19. The summed E-state index contributed by atoms with van der Waals surface area (Å²) in [6, 6.07) is 13.4. The van der Waals surface area contributed by atoms with Gasteiger partial charge in [-0.05, 0) is 68.6 Å². The molecule has 6 heteroatoms. The molecule has 25 heavy (non-hydrogen) atoms. The van der Waals surface area contributed by atoms with E-state index in [0.717, 1.165) is 6.42 Å². The third-order valence-electron chi connectivity index (χ3n) is 4.68. The fraction of sp³-hybridized carbons (Fsp3) is 0.368. The summed E-state index contributed by atoms with van der Waals surface area (Å²) in [6.07, 6.45) is 3.91. The Hall–Kier alpha value is 0.740. The minimum absolute atomic E-state index is 0. The Labute approximate surface area is 206 Å². The second kappa shape index (κ2) is 10.9. The number of aryl methyl sites for hydroxylation is 1. The minimum atomic E-state index is 0. The summed E-state index contributed by atoms with van der Waals surface area (Å²) in [5.41, 5.74) is 5.28. The average Bonchev–Trinajstić information content (AvgIpc) is 3.05. The van der Waals surface area contributed by atoms with Crippen molar-refractivity contribution < 1.29 is 0 Å². The maximum atomic E-state index is 3.60. The van der Waals surface area contributed by atoms with E-state index in [2.05, 4.69) is 53.5 Å². The van der Waals surface area contributed by atoms with Crippen LogP contribution in [0.2, 0.25) is 0 Å². The van der Waals surface area contributed by atoms with Gasteiger partial charge in [0, 0.05) is 16.3 Å². The van der Waals surface area contributed by atoms with E-state index in [1.165, 1.54) is 64.8 Å². The molecule has 1 saturated heterocycles. The molecular weight excluding hydrogens is 669 g/mol. The largest absolute Gasteiger partial charge is 0.353 e. The minimum Gasteiger partial charge on any atom is -0.353 e. The molecule has 0 atom stereocenters. The van der Waals surface area contributed by atoms with Gasteiger partial charge in [0.2, 0.25) is 0 Å². The molecule has 0 aliphatic carbocycles. The second-order valence-electron chi connectivity index (χ2n) is 6.30. The molecule has 0 radical (unpaired) electrons. The maximum Gasteiger partial charge on any atom is 0.0556 e. The first-order chi connectivity index (χ1) is 10.8. The molecular formula is C19H25I3N2S. The summed E-state index contributed by atoms with van der Waals surface area (Å²) in [5.74, 6) is 0. The zero-order valence-electron chi connectivity index (χ0n) is 14.3. The summed E-state index contributed by atoms with van der Waals surface area (Å²) in [5, 5.41) is 3.60. The Morgan fingerprint density at radius 1 is 1.00 bits per heavy atom. The summed E-state index contributed by atoms with van der Waals surface area (Å²) < 4.78 is 0. The van der Waals surface area contributed by atoms with Gasteiger partial charge in [-0.2, -0.15) is 0 Å². The van der Waals surface area contributed by atoms with Crippen LogP contribution < -0.4 is 5.32 Å². The fourth-order valence-electron chi connectivity index (χ4n) is 3.34. The quantitative estimate of drug-likeness (QED) is 0.308. The van der Waals surface area contributed by atoms with Crippen molar-refractivity contribution in [3.05, 3.63) is 47.5 Å². The van der Waals surface area contributed by atoms with E-state index in [-0.39, 0.29) is 71.9 Å². The molecule has 2 aromatic rings. The third-order valence-corrected chi connectivity index (χ3v) is 5.79. The molecule has 0 saturated carbocycles. The van der Waals surface area contributed by atoms with Gasteiger partial charge < -0.3 is 10.2 Å². The maximum absolute atomic E-state index is 3.60. The van der Waals surface area contributed by atoms with Gasteiger partial charge in [-0.15, -0.1) is 71.9 Å². The van der Waals surface area contributed by atoms with Gasteiger partial charge in [-0.3, -0.25) is 0 Å². The van der Waals surface area contributed by atoms with E-state index in [1.807, 2.05) is 11.8 Å². The van der Waals surface area contributed by atoms with Crippen LogP contribution in [0.1, 0.15) is 24.0 Å². The number of hydrogen-bond donors (Lipinski definition) is 1. The van der Waals surface area contributed by atoms with Crippen LogP contribution in [0.3, 0.4) is 0 Å². The van der Waals surface area contributed by atoms with E-state index in [9.17, 15) is 0 Å². The lowest BCUT2D eigenvalue weighted by molar-refractivity contribution is 0.343. The number of likely N-dealkylation sites (tertiary alicyclic amines) is 1. The van der Waals surface area contributed by atoms with E-state index in [1.54, 1.807) is 0 Å². The molecule has 0 unspecified atom stereocenters. The van der Waals surface area contributed by atoms with Crippen molar-refractivity contribution in [2.24, 2.45) is 0 Å². The first-order valence-corrected chi connectivity index (χ1v) is 9.01. The van der Waals surface area contributed by atoms with Crippen LogP contribution in [0.5, 0.6) is 0 Å². The predicted molar refractivity (Wildman–Crippen MR) is 141 cm³/mol. The van der Waals surface area contributed by atoms with E-state index in [4.69, 9.17) is 0 Å². The van der Waals surface area contributed by atoms with Crippen LogP contribution in [0, 0.1) is 6.92 Å². The standard InChI is InChI=1S/C19H22N2S.3HI/c1-14-5-4-6-17-19(14)20-16-8-7-15(13-18(16)22-17)9-12-21-10-2-3-11-21;;;/h4-8,13,20H,2-3,9-12H2,1H3;3*1H. The van der Waals surface area contributed by atoms with Crippen LogP contribution in [0.25, 0.3) is 0 Å². The Balaban J connectivity index is 0.00000104. The number of para-hydroxylation sites is 1. The molecule has 0 bridgehead atoms. The highest BCUT2D eigenvalue weighted by atomic mass is 127. The number of hydrogen-bond acceptors (Lipinski definition) is 3. The number of nitrogens with one attached hydrogen (secondary N) is 1. The van der Waals surface area contributed by atoms with E-state index < -0.39 is 0 Å². The highest BCUT2D eigenvalue weighted by Gasteiger charge is 2.17. The van der Waals surface area contributed by atoms with Crippen molar-refractivity contribution in [3.8, 4) is 0 Å². The molecule has 2 aromatic carbocycles. The number of rotatable bonds is 3. The van der Waals surface area contributed by atoms with Crippen molar-refractivity contribution in [2.45, 2.75) is 36.0 Å². The Morgan fingerprint density at radius 3 is 2.52 bits per heavy atom. The lowest BCUT2D eigenvalue weighted by Crippen LogP contribution is -2.21. The fourth-order valence-corrected chi connectivity index (χ4v) is 4.48. The topological polar surface area (TPSA) is 15.3 Å². The van der Waals surface area contributed by atoms with Crippen LogP contribution in [0.15, 0.2) is 46.2 Å². The van der Waals surface area contributed by atoms with E-state index in [0.29, 0.717) is 0 Å². The van der Waals surface area contributed by atoms with Gasteiger partial charge in [0.15, 0.2) is 0 Å². The molecule has 2 heterocycles. The van der Waals surface area contributed by atoms with Gasteiger partial charge >= 0.3 is 0 Å². The number of halogens is 3. The second-order valence-corrected chi connectivity index (χ2v) is 7.39. The van der Waals surface area contributed by atoms with Gasteiger partial charge in [-0.25, -0.2) is 0 Å². The zero-order valence-corrected chi connectivity index (χ0v) is 22.1. The molecule has 0 amide bonds. The van der Waals surface area contributed by atoms with Crippen molar-refractivity contribution in [1.82, 2.24) is 4.90 Å². The highest BCUT2D eigenvalue weighted by Crippen LogP contribution is 2.45. The molecule has 1 N–H and O–H groups in total. The number of nitrogens with zero attached hydrogens (tertiary/aromatic N) is 1. The third kappa shape index (κ3) is 5.61. The van der Waals surface area contributed by atoms with Crippen LogP contribution >= 0.6 is 83.7 Å². The molecule has 1 fully saturated rings. The van der Waals surface area contributed by atoms with Crippen LogP contribution in [-0.2, 0) is 6.42 Å². The molecule has 138 valence electrons. The van der Waals surface area contributed by atoms with Gasteiger partial charge in [0.05, 0.1) is 11.4 Å². The Kier molecular flexibility index (Phi) is 10.4. The zero-order chi connectivity index (χ0) is 14.9. The van der Waals surface area contributed by atoms with Crippen molar-refractivity contribution in [3.63, 3.8) is 0 Å². The van der Waals surface area contributed by atoms with E-state index >= 15 is 0 Å². The smallest absolute Gasteiger partial charge is 0.0556 e. The number of benzene rings is 2. The normalized spacial score (nSPS) is 14.9. The number of anilines is 2.